The maximum atomic E-state index is 12.1. The van der Waals surface area contributed by atoms with Gasteiger partial charge in [-0.2, -0.15) is 5.26 Å². The first-order valence-corrected chi connectivity index (χ1v) is 7.92. The Balaban J connectivity index is 2.59. The number of anilines is 1. The summed E-state index contributed by atoms with van der Waals surface area (Å²) in [5.41, 5.74) is 5.58. The van der Waals surface area contributed by atoms with E-state index in [4.69, 9.17) is 11.0 Å². The van der Waals surface area contributed by atoms with Gasteiger partial charge in [0.15, 0.2) is 9.84 Å². The Bertz CT molecular complexity index is 571. The van der Waals surface area contributed by atoms with Gasteiger partial charge in [-0.1, -0.05) is 18.6 Å². The number of unbranched alkanes of at least 4 members (excludes halogenated alkanes) is 1. The average Bonchev–Trinajstić information content (AvgIpc) is 2.35. The van der Waals surface area contributed by atoms with E-state index in [-0.39, 0.29) is 10.6 Å². The van der Waals surface area contributed by atoms with Crippen molar-refractivity contribution in [3.63, 3.8) is 0 Å². The summed E-state index contributed by atoms with van der Waals surface area (Å²) in [7, 11) is -3.32. The Hall–Kier alpha value is -1.54. The highest BCUT2D eigenvalue weighted by Gasteiger charge is 2.19. The molecule has 1 rings (SSSR count). The molecule has 0 atom stereocenters. The minimum Gasteiger partial charge on any atom is -0.398 e. The predicted octanol–water partition coefficient (Wildman–Crippen LogP) is 2.76. The minimum absolute atomic E-state index is 0.0721. The van der Waals surface area contributed by atoms with Gasteiger partial charge in [-0.25, -0.2) is 8.42 Å². The van der Waals surface area contributed by atoms with Crippen molar-refractivity contribution in [2.45, 2.75) is 38.0 Å². The molecule has 0 heterocycles. The van der Waals surface area contributed by atoms with E-state index in [1.54, 1.807) is 18.2 Å². The third-order valence-electron chi connectivity index (χ3n) is 3.02. The molecule has 19 heavy (non-hydrogen) atoms. The highest BCUT2D eigenvalue weighted by Crippen LogP contribution is 2.24. The fourth-order valence-corrected chi connectivity index (χ4v) is 3.31. The third kappa shape index (κ3) is 4.56. The maximum absolute atomic E-state index is 12.1. The molecule has 0 fully saturated rings. The first kappa shape index (κ1) is 15.5. The lowest BCUT2D eigenvalue weighted by Gasteiger charge is -2.14. The molecule has 0 spiro atoms. The summed E-state index contributed by atoms with van der Waals surface area (Å²) in [4.78, 5) is 0.203. The largest absolute Gasteiger partial charge is 0.398 e. The molecule has 4 nitrogen and oxygen atoms in total. The van der Waals surface area contributed by atoms with Gasteiger partial charge in [-0.15, -0.1) is 0 Å². The number of nitrogens with zero attached hydrogens (tertiary/aromatic N) is 1. The number of nitrogen functional groups attached to an aromatic ring is 1. The van der Waals surface area contributed by atoms with Crippen molar-refractivity contribution in [1.29, 1.82) is 5.26 Å². The molecule has 1 aromatic carbocycles. The summed E-state index contributed by atoms with van der Waals surface area (Å²) < 4.78 is 24.2. The number of hydrogen-bond donors (Lipinski definition) is 1. The number of sulfone groups is 1. The van der Waals surface area contributed by atoms with Crippen LogP contribution in [0, 0.1) is 16.7 Å². The van der Waals surface area contributed by atoms with Crippen LogP contribution in [0.15, 0.2) is 29.2 Å². The number of nitriles is 1. The fraction of sp³-hybridized carbons (Fsp3) is 0.500. The Morgan fingerprint density at radius 2 is 1.89 bits per heavy atom. The number of hydrogen-bond acceptors (Lipinski definition) is 4. The summed E-state index contributed by atoms with van der Waals surface area (Å²) in [6.45, 7) is 3.72. The van der Waals surface area contributed by atoms with Gasteiger partial charge in [0.1, 0.15) is 0 Å². The second-order valence-corrected chi connectivity index (χ2v) is 7.39. The van der Waals surface area contributed by atoms with Crippen molar-refractivity contribution in [2.75, 3.05) is 11.5 Å². The SMILES string of the molecule is CC(C)(C#N)CCCCS(=O)(=O)c1ccccc1N. The lowest BCUT2D eigenvalue weighted by molar-refractivity contribution is 0.431. The number of nitrogens with two attached hydrogens (primary N) is 1. The molecule has 2 N–H and O–H groups in total. The molecule has 0 aromatic heterocycles. The molecule has 0 amide bonds. The van der Waals surface area contributed by atoms with E-state index >= 15 is 0 Å². The highest BCUT2D eigenvalue weighted by molar-refractivity contribution is 7.91. The maximum Gasteiger partial charge on any atom is 0.180 e. The lowest BCUT2D eigenvalue weighted by Crippen LogP contribution is -2.11. The molecule has 1 aromatic rings. The van der Waals surface area contributed by atoms with Crippen molar-refractivity contribution in [2.24, 2.45) is 5.41 Å². The second kappa shape index (κ2) is 6.07. The van der Waals surface area contributed by atoms with E-state index in [0.717, 1.165) is 0 Å². The number of benzene rings is 1. The van der Waals surface area contributed by atoms with Gasteiger partial charge in [0.2, 0.25) is 0 Å². The van der Waals surface area contributed by atoms with Crippen molar-refractivity contribution < 1.29 is 8.42 Å². The average molecular weight is 280 g/mol. The van der Waals surface area contributed by atoms with E-state index in [0.29, 0.717) is 24.9 Å². The van der Waals surface area contributed by atoms with Gasteiger partial charge < -0.3 is 5.73 Å². The van der Waals surface area contributed by atoms with E-state index in [1.807, 2.05) is 13.8 Å². The quantitative estimate of drug-likeness (QED) is 0.641. The van der Waals surface area contributed by atoms with Crippen LogP contribution in [0.4, 0.5) is 5.69 Å². The molecule has 0 radical (unpaired) electrons. The zero-order valence-electron chi connectivity index (χ0n) is 11.4. The molecule has 0 aliphatic rings. The molecular formula is C14H20N2O2S. The van der Waals surface area contributed by atoms with Crippen LogP contribution >= 0.6 is 0 Å². The monoisotopic (exact) mass is 280 g/mol. The normalized spacial score (nSPS) is 12.1. The predicted molar refractivity (Wildman–Crippen MR) is 76.2 cm³/mol. The molecule has 0 saturated heterocycles. The summed E-state index contributed by atoms with van der Waals surface area (Å²) in [6, 6.07) is 8.71. The van der Waals surface area contributed by atoms with E-state index in [1.165, 1.54) is 6.07 Å². The van der Waals surface area contributed by atoms with Crippen molar-refractivity contribution in [1.82, 2.24) is 0 Å². The van der Waals surface area contributed by atoms with Crippen LogP contribution in [-0.2, 0) is 9.84 Å². The minimum atomic E-state index is -3.32. The van der Waals surface area contributed by atoms with Crippen LogP contribution in [-0.4, -0.2) is 14.2 Å². The van der Waals surface area contributed by atoms with Gasteiger partial charge in [-0.05, 0) is 38.8 Å². The molecule has 0 aliphatic carbocycles. The first-order valence-electron chi connectivity index (χ1n) is 6.27. The van der Waals surface area contributed by atoms with Gasteiger partial charge in [0.05, 0.1) is 27.8 Å². The topological polar surface area (TPSA) is 84.0 Å². The van der Waals surface area contributed by atoms with Crippen LogP contribution in [0.1, 0.15) is 33.1 Å². The van der Waals surface area contributed by atoms with Gasteiger partial charge in [0, 0.05) is 0 Å². The lowest BCUT2D eigenvalue weighted by atomic mass is 9.89. The zero-order chi connectivity index (χ0) is 14.5. The van der Waals surface area contributed by atoms with Crippen molar-refractivity contribution in [3.05, 3.63) is 24.3 Å². The Morgan fingerprint density at radius 3 is 2.47 bits per heavy atom. The number of rotatable bonds is 6. The molecule has 0 aliphatic heterocycles. The first-order chi connectivity index (χ1) is 8.78. The van der Waals surface area contributed by atoms with Crippen LogP contribution in [0.2, 0.25) is 0 Å². The summed E-state index contributed by atoms with van der Waals surface area (Å²) >= 11 is 0. The zero-order valence-corrected chi connectivity index (χ0v) is 12.2. The van der Waals surface area contributed by atoms with E-state index < -0.39 is 15.3 Å². The number of para-hydroxylation sites is 1. The third-order valence-corrected chi connectivity index (χ3v) is 4.89. The molecule has 0 saturated carbocycles. The highest BCUT2D eigenvalue weighted by atomic mass is 32.2. The molecule has 0 bridgehead atoms. The molecule has 104 valence electrons. The van der Waals surface area contributed by atoms with Crippen LogP contribution < -0.4 is 5.73 Å². The summed E-state index contributed by atoms with van der Waals surface area (Å²) in [5.74, 6) is 0.0721. The van der Waals surface area contributed by atoms with Crippen LogP contribution in [0.3, 0.4) is 0 Å². The Morgan fingerprint density at radius 1 is 1.26 bits per heavy atom. The van der Waals surface area contributed by atoms with Crippen LogP contribution in [0.5, 0.6) is 0 Å². The van der Waals surface area contributed by atoms with E-state index in [9.17, 15) is 8.42 Å². The van der Waals surface area contributed by atoms with Crippen molar-refractivity contribution >= 4 is 15.5 Å². The van der Waals surface area contributed by atoms with Crippen LogP contribution in [0.25, 0.3) is 0 Å². The Kier molecular flexibility index (Phi) is 4.96. The summed E-state index contributed by atoms with van der Waals surface area (Å²) in [6.07, 6.45) is 1.96. The fourth-order valence-electron chi connectivity index (χ4n) is 1.79. The van der Waals surface area contributed by atoms with Gasteiger partial charge in [0.25, 0.3) is 0 Å². The molecular weight excluding hydrogens is 260 g/mol. The molecule has 0 unspecified atom stereocenters. The van der Waals surface area contributed by atoms with Crippen molar-refractivity contribution in [3.8, 4) is 6.07 Å². The smallest absolute Gasteiger partial charge is 0.180 e. The van der Waals surface area contributed by atoms with Gasteiger partial charge in [-0.3, -0.25) is 0 Å². The van der Waals surface area contributed by atoms with E-state index in [2.05, 4.69) is 6.07 Å². The van der Waals surface area contributed by atoms with Gasteiger partial charge >= 0.3 is 0 Å². The Labute approximate surface area is 115 Å². The second-order valence-electron chi connectivity index (χ2n) is 5.31. The molecule has 5 heteroatoms. The standard InChI is InChI=1S/C14H20N2O2S/c1-14(2,11-15)9-5-6-10-19(17,18)13-8-4-3-7-12(13)16/h3-4,7-8H,5-6,9-10,16H2,1-2H3. The summed E-state index contributed by atoms with van der Waals surface area (Å²) in [5, 5.41) is 8.88.